The number of thiazole rings is 1. The average Bonchev–Trinajstić information content (AvgIpc) is 2.82. The minimum absolute atomic E-state index is 0.0487. The molecule has 114 valence electrons. The first kappa shape index (κ1) is 17.1. The Hall–Kier alpha value is -0.980. The molecule has 1 amide bonds. The van der Waals surface area contributed by atoms with E-state index in [0.717, 1.165) is 25.0 Å². The normalized spacial score (nSPS) is 11.0. The van der Waals surface area contributed by atoms with E-state index in [9.17, 15) is 4.79 Å². The van der Waals surface area contributed by atoms with Gasteiger partial charge in [0.1, 0.15) is 0 Å². The molecule has 0 atom stereocenters. The summed E-state index contributed by atoms with van der Waals surface area (Å²) in [6.45, 7) is 4.60. The van der Waals surface area contributed by atoms with Crippen LogP contribution in [0.25, 0.3) is 0 Å². The first-order chi connectivity index (χ1) is 9.65. The van der Waals surface area contributed by atoms with Crippen molar-refractivity contribution in [3.63, 3.8) is 0 Å². The van der Waals surface area contributed by atoms with Gasteiger partial charge in [-0.15, -0.1) is 11.3 Å². The van der Waals surface area contributed by atoms with Crippen molar-refractivity contribution in [3.05, 3.63) is 16.1 Å². The van der Waals surface area contributed by atoms with Crippen LogP contribution in [0.5, 0.6) is 0 Å². The molecule has 6 heteroatoms. The van der Waals surface area contributed by atoms with Crippen molar-refractivity contribution in [3.8, 4) is 0 Å². The van der Waals surface area contributed by atoms with E-state index in [1.54, 1.807) is 18.4 Å². The fourth-order valence-electron chi connectivity index (χ4n) is 1.83. The van der Waals surface area contributed by atoms with Gasteiger partial charge in [-0.05, 0) is 26.3 Å². The second kappa shape index (κ2) is 9.85. The zero-order valence-corrected chi connectivity index (χ0v) is 13.5. The van der Waals surface area contributed by atoms with Gasteiger partial charge in [0.15, 0.2) is 0 Å². The number of likely N-dealkylation sites (N-methyl/N-ethyl adjacent to an activating group) is 1. The molecule has 1 rings (SSSR count). The Balaban J connectivity index is 2.24. The molecule has 0 aliphatic heterocycles. The Labute approximate surface area is 125 Å². The lowest BCUT2D eigenvalue weighted by atomic mass is 10.3. The number of amides is 1. The second-order valence-corrected chi connectivity index (χ2v) is 5.79. The van der Waals surface area contributed by atoms with Gasteiger partial charge >= 0.3 is 0 Å². The Morgan fingerprint density at radius 1 is 1.55 bits per heavy atom. The molecule has 20 heavy (non-hydrogen) atoms. The quantitative estimate of drug-likeness (QED) is 0.668. The van der Waals surface area contributed by atoms with Crippen molar-refractivity contribution in [1.82, 2.24) is 15.2 Å². The van der Waals surface area contributed by atoms with E-state index < -0.39 is 0 Å². The van der Waals surface area contributed by atoms with Crippen LogP contribution < -0.4 is 5.32 Å². The number of nitrogens with one attached hydrogen (secondary N) is 1. The van der Waals surface area contributed by atoms with Gasteiger partial charge in [-0.2, -0.15) is 0 Å². The summed E-state index contributed by atoms with van der Waals surface area (Å²) in [7, 11) is 3.60. The number of hydrogen-bond acceptors (Lipinski definition) is 5. The summed E-state index contributed by atoms with van der Waals surface area (Å²) in [5.74, 6) is 0.0487. The van der Waals surface area contributed by atoms with Gasteiger partial charge in [-0.25, -0.2) is 4.98 Å². The van der Waals surface area contributed by atoms with E-state index in [1.165, 1.54) is 5.01 Å². The molecule has 0 fully saturated rings. The first-order valence-corrected chi connectivity index (χ1v) is 7.91. The third-order valence-corrected chi connectivity index (χ3v) is 3.71. The highest BCUT2D eigenvalue weighted by molar-refractivity contribution is 7.09. The number of carbonyl (C=O) groups excluding carboxylic acids is 1. The molecule has 1 aromatic rings. The lowest BCUT2D eigenvalue weighted by Crippen LogP contribution is -2.35. The molecule has 0 aliphatic rings. The topological polar surface area (TPSA) is 54.5 Å². The van der Waals surface area contributed by atoms with E-state index in [-0.39, 0.29) is 5.91 Å². The van der Waals surface area contributed by atoms with Crippen molar-refractivity contribution in [1.29, 1.82) is 0 Å². The van der Waals surface area contributed by atoms with Gasteiger partial charge in [0.25, 0.3) is 0 Å². The molecule has 0 saturated heterocycles. The minimum Gasteiger partial charge on any atom is -0.385 e. The fourth-order valence-corrected chi connectivity index (χ4v) is 2.72. The molecule has 1 aromatic heterocycles. The molecule has 0 saturated carbocycles. The summed E-state index contributed by atoms with van der Waals surface area (Å²) >= 11 is 1.70. The summed E-state index contributed by atoms with van der Waals surface area (Å²) in [5.41, 5.74) is 1.05. The van der Waals surface area contributed by atoms with Gasteiger partial charge in [0.2, 0.25) is 5.91 Å². The zero-order valence-electron chi connectivity index (χ0n) is 12.6. The highest BCUT2D eigenvalue weighted by Crippen LogP contribution is 2.12. The molecule has 0 bridgehead atoms. The first-order valence-electron chi connectivity index (χ1n) is 7.03. The molecule has 0 radical (unpaired) electrons. The standard InChI is InChI=1S/C14H25N3O2S/c1-4-6-14-16-12(11-20-14)9-17(2)10-13(18)15-7-5-8-19-3/h11H,4-10H2,1-3H3,(H,15,18). The number of nitrogens with zero attached hydrogens (tertiary/aromatic N) is 2. The molecular formula is C14H25N3O2S. The fraction of sp³-hybridized carbons (Fsp3) is 0.714. The van der Waals surface area contributed by atoms with Gasteiger partial charge in [-0.1, -0.05) is 6.92 Å². The van der Waals surface area contributed by atoms with E-state index in [4.69, 9.17) is 4.74 Å². The lowest BCUT2D eigenvalue weighted by Gasteiger charge is -2.14. The third-order valence-electron chi connectivity index (χ3n) is 2.76. The highest BCUT2D eigenvalue weighted by Gasteiger charge is 2.09. The summed E-state index contributed by atoms with van der Waals surface area (Å²) in [6.07, 6.45) is 3.00. The molecule has 0 spiro atoms. The number of hydrogen-bond donors (Lipinski definition) is 1. The summed E-state index contributed by atoms with van der Waals surface area (Å²) < 4.78 is 4.94. The van der Waals surface area contributed by atoms with Crippen LogP contribution in [-0.2, 0) is 22.5 Å². The molecule has 1 heterocycles. The van der Waals surface area contributed by atoms with Crippen LogP contribution in [-0.4, -0.2) is 49.6 Å². The molecule has 0 unspecified atom stereocenters. The highest BCUT2D eigenvalue weighted by atomic mass is 32.1. The number of rotatable bonds is 10. The largest absolute Gasteiger partial charge is 0.385 e. The maximum Gasteiger partial charge on any atom is 0.234 e. The van der Waals surface area contributed by atoms with E-state index in [0.29, 0.717) is 26.2 Å². The maximum absolute atomic E-state index is 11.7. The van der Waals surface area contributed by atoms with Crippen molar-refractivity contribution in [2.75, 3.05) is 33.9 Å². The van der Waals surface area contributed by atoms with Crippen LogP contribution in [0.1, 0.15) is 30.5 Å². The lowest BCUT2D eigenvalue weighted by molar-refractivity contribution is -0.122. The van der Waals surface area contributed by atoms with Crippen LogP contribution in [0.2, 0.25) is 0 Å². The Kier molecular flexibility index (Phi) is 8.41. The van der Waals surface area contributed by atoms with E-state index in [1.807, 2.05) is 11.9 Å². The van der Waals surface area contributed by atoms with Crippen LogP contribution in [0, 0.1) is 0 Å². The average molecular weight is 299 g/mol. The Morgan fingerprint density at radius 3 is 3.05 bits per heavy atom. The van der Waals surface area contributed by atoms with Crippen LogP contribution in [0.15, 0.2) is 5.38 Å². The van der Waals surface area contributed by atoms with Crippen LogP contribution in [0.3, 0.4) is 0 Å². The predicted octanol–water partition coefficient (Wildman–Crippen LogP) is 1.68. The minimum atomic E-state index is 0.0487. The van der Waals surface area contributed by atoms with E-state index >= 15 is 0 Å². The van der Waals surface area contributed by atoms with E-state index in [2.05, 4.69) is 22.6 Å². The zero-order chi connectivity index (χ0) is 14.8. The SMILES string of the molecule is CCCc1nc(CN(C)CC(=O)NCCCOC)cs1. The van der Waals surface area contributed by atoms with Gasteiger partial charge in [-0.3, -0.25) is 9.69 Å². The molecule has 1 N–H and O–H groups in total. The van der Waals surface area contributed by atoms with Crippen molar-refractivity contribution in [2.45, 2.75) is 32.7 Å². The maximum atomic E-state index is 11.7. The molecule has 0 aliphatic carbocycles. The van der Waals surface area contributed by atoms with Crippen LogP contribution in [0.4, 0.5) is 0 Å². The molecule has 5 nitrogen and oxygen atoms in total. The predicted molar refractivity (Wildman–Crippen MR) is 81.9 cm³/mol. The van der Waals surface area contributed by atoms with Gasteiger partial charge in [0, 0.05) is 32.2 Å². The smallest absolute Gasteiger partial charge is 0.234 e. The third kappa shape index (κ3) is 6.98. The van der Waals surface area contributed by atoms with Crippen LogP contribution >= 0.6 is 11.3 Å². The number of aromatic nitrogens is 1. The molecule has 0 aromatic carbocycles. The van der Waals surface area contributed by atoms with Gasteiger partial charge < -0.3 is 10.1 Å². The number of aryl methyl sites for hydroxylation is 1. The van der Waals surface area contributed by atoms with Crippen molar-refractivity contribution >= 4 is 17.2 Å². The molecular weight excluding hydrogens is 274 g/mol. The summed E-state index contributed by atoms with van der Waals surface area (Å²) in [5, 5.41) is 6.14. The number of ether oxygens (including phenoxy) is 1. The van der Waals surface area contributed by atoms with Crippen molar-refractivity contribution in [2.24, 2.45) is 0 Å². The Bertz CT molecular complexity index is 396. The number of carbonyl (C=O) groups is 1. The second-order valence-electron chi connectivity index (χ2n) is 4.85. The summed E-state index contributed by atoms with van der Waals surface area (Å²) in [4.78, 5) is 18.2. The monoisotopic (exact) mass is 299 g/mol. The summed E-state index contributed by atoms with van der Waals surface area (Å²) in [6, 6.07) is 0. The number of methoxy groups -OCH3 is 1. The Morgan fingerprint density at radius 2 is 2.35 bits per heavy atom. The van der Waals surface area contributed by atoms with Crippen molar-refractivity contribution < 1.29 is 9.53 Å². The van der Waals surface area contributed by atoms with Gasteiger partial charge in [0.05, 0.1) is 17.2 Å².